The van der Waals surface area contributed by atoms with Gasteiger partial charge in [-0.2, -0.15) is 0 Å². The third kappa shape index (κ3) is 3.36. The number of likely N-dealkylation sites (tertiary alicyclic amines) is 1. The van der Waals surface area contributed by atoms with Gasteiger partial charge in [0, 0.05) is 16.3 Å². The van der Waals surface area contributed by atoms with Crippen molar-refractivity contribution in [1.82, 2.24) is 4.90 Å². The van der Waals surface area contributed by atoms with Crippen molar-refractivity contribution in [2.75, 3.05) is 6.54 Å². The fourth-order valence-electron chi connectivity index (χ4n) is 2.89. The number of hydrogen-bond donors (Lipinski definition) is 1. The van der Waals surface area contributed by atoms with Crippen LogP contribution in [0.5, 0.6) is 0 Å². The van der Waals surface area contributed by atoms with Gasteiger partial charge in [-0.25, -0.2) is 4.39 Å². The van der Waals surface area contributed by atoms with Crippen molar-refractivity contribution >= 4 is 17.3 Å². The highest BCUT2D eigenvalue weighted by atomic mass is 32.1. The molecule has 1 saturated heterocycles. The Morgan fingerprint density at radius 3 is 2.73 bits per heavy atom. The van der Waals surface area contributed by atoms with Gasteiger partial charge < -0.3 is 5.11 Å². The Hall–Kier alpha value is -1.72. The quantitative estimate of drug-likeness (QED) is 0.926. The molecule has 1 aliphatic heterocycles. The van der Waals surface area contributed by atoms with Crippen LogP contribution in [0.25, 0.3) is 10.4 Å². The molecule has 1 fully saturated rings. The molecule has 1 aromatic heterocycles. The van der Waals surface area contributed by atoms with Crippen LogP contribution in [0.15, 0.2) is 36.4 Å². The molecule has 0 saturated carbocycles. The van der Waals surface area contributed by atoms with Gasteiger partial charge in [0.1, 0.15) is 11.9 Å². The largest absolute Gasteiger partial charge is 0.480 e. The molecule has 2 aromatic rings. The summed E-state index contributed by atoms with van der Waals surface area (Å²) in [6, 6.07) is 10.1. The number of thiophene rings is 1. The molecule has 1 aromatic carbocycles. The van der Waals surface area contributed by atoms with E-state index >= 15 is 0 Å². The summed E-state index contributed by atoms with van der Waals surface area (Å²) >= 11 is 1.64. The summed E-state index contributed by atoms with van der Waals surface area (Å²) in [7, 11) is 0. The number of piperidine rings is 1. The van der Waals surface area contributed by atoms with E-state index in [-0.39, 0.29) is 11.9 Å². The normalized spacial score (nSPS) is 19.2. The standard InChI is InChI=1S/C17H18FNO2S/c18-13-6-4-12(5-7-13)16-9-8-14(22-16)11-19-10-2-1-3-15(19)17(20)21/h4-9,15H,1-3,10-11H2,(H,20,21). The Kier molecular flexibility index (Phi) is 4.55. The van der Waals surface area contributed by atoms with E-state index in [1.807, 2.05) is 17.0 Å². The summed E-state index contributed by atoms with van der Waals surface area (Å²) in [4.78, 5) is 15.6. The number of benzene rings is 1. The Labute approximate surface area is 133 Å². The minimum absolute atomic E-state index is 0.238. The highest BCUT2D eigenvalue weighted by molar-refractivity contribution is 7.15. The van der Waals surface area contributed by atoms with Gasteiger partial charge in [0.25, 0.3) is 0 Å². The predicted molar refractivity (Wildman–Crippen MR) is 85.4 cm³/mol. The topological polar surface area (TPSA) is 40.5 Å². The fraction of sp³-hybridized carbons (Fsp3) is 0.353. The van der Waals surface area contributed by atoms with Crippen LogP contribution in [-0.2, 0) is 11.3 Å². The number of hydrogen-bond acceptors (Lipinski definition) is 3. The lowest BCUT2D eigenvalue weighted by atomic mass is 10.0. The van der Waals surface area contributed by atoms with Crippen molar-refractivity contribution in [3.63, 3.8) is 0 Å². The molecule has 0 spiro atoms. The Balaban J connectivity index is 1.73. The van der Waals surface area contributed by atoms with Crippen LogP contribution in [0.1, 0.15) is 24.1 Å². The van der Waals surface area contributed by atoms with E-state index in [9.17, 15) is 14.3 Å². The Morgan fingerprint density at radius 1 is 1.23 bits per heavy atom. The van der Waals surface area contributed by atoms with Crippen LogP contribution in [0.2, 0.25) is 0 Å². The van der Waals surface area contributed by atoms with Gasteiger partial charge in [-0.3, -0.25) is 9.69 Å². The zero-order chi connectivity index (χ0) is 15.5. The maximum Gasteiger partial charge on any atom is 0.320 e. The van der Waals surface area contributed by atoms with Crippen molar-refractivity contribution < 1.29 is 14.3 Å². The second kappa shape index (κ2) is 6.58. The zero-order valence-electron chi connectivity index (χ0n) is 12.2. The van der Waals surface area contributed by atoms with Crippen LogP contribution in [0.3, 0.4) is 0 Å². The molecule has 2 heterocycles. The number of rotatable bonds is 4. The van der Waals surface area contributed by atoms with E-state index in [2.05, 4.69) is 0 Å². The average Bonchev–Trinajstić information content (AvgIpc) is 2.97. The zero-order valence-corrected chi connectivity index (χ0v) is 13.0. The summed E-state index contributed by atoms with van der Waals surface area (Å²) in [6.45, 7) is 1.50. The van der Waals surface area contributed by atoms with Gasteiger partial charge in [-0.1, -0.05) is 18.6 Å². The van der Waals surface area contributed by atoms with Gasteiger partial charge in [0.2, 0.25) is 0 Å². The number of carboxylic acids is 1. The molecule has 116 valence electrons. The SMILES string of the molecule is O=C(O)C1CCCCN1Cc1ccc(-c2ccc(F)cc2)s1. The number of nitrogens with zero attached hydrogens (tertiary/aromatic N) is 1. The summed E-state index contributed by atoms with van der Waals surface area (Å²) in [6.07, 6.45) is 2.77. The van der Waals surface area contributed by atoms with Crippen LogP contribution in [-0.4, -0.2) is 28.6 Å². The second-order valence-electron chi connectivity index (χ2n) is 5.59. The lowest BCUT2D eigenvalue weighted by Gasteiger charge is -2.32. The lowest BCUT2D eigenvalue weighted by Crippen LogP contribution is -2.43. The Morgan fingerprint density at radius 2 is 2.00 bits per heavy atom. The van der Waals surface area contributed by atoms with E-state index < -0.39 is 5.97 Å². The van der Waals surface area contributed by atoms with Crippen molar-refractivity contribution in [3.05, 3.63) is 47.1 Å². The number of halogens is 1. The minimum atomic E-state index is -0.727. The van der Waals surface area contributed by atoms with Crippen molar-refractivity contribution in [2.24, 2.45) is 0 Å². The highest BCUT2D eigenvalue weighted by Gasteiger charge is 2.28. The smallest absolute Gasteiger partial charge is 0.320 e. The predicted octanol–water partition coefficient (Wildman–Crippen LogP) is 3.99. The third-order valence-corrected chi connectivity index (χ3v) is 5.17. The van der Waals surface area contributed by atoms with Crippen molar-refractivity contribution in [3.8, 4) is 10.4 Å². The van der Waals surface area contributed by atoms with Gasteiger partial charge >= 0.3 is 5.97 Å². The minimum Gasteiger partial charge on any atom is -0.480 e. The molecule has 0 aliphatic carbocycles. The van der Waals surface area contributed by atoms with E-state index in [1.54, 1.807) is 23.5 Å². The van der Waals surface area contributed by atoms with E-state index in [1.165, 1.54) is 12.1 Å². The van der Waals surface area contributed by atoms with Gasteiger partial charge in [-0.05, 0) is 49.2 Å². The molecule has 0 bridgehead atoms. The van der Waals surface area contributed by atoms with Gasteiger partial charge in [0.05, 0.1) is 0 Å². The number of carboxylic acid groups (broad SMARTS) is 1. The molecule has 1 aliphatic rings. The number of aliphatic carboxylic acids is 1. The molecule has 22 heavy (non-hydrogen) atoms. The molecule has 0 radical (unpaired) electrons. The van der Waals surface area contributed by atoms with Gasteiger partial charge in [0.15, 0.2) is 0 Å². The lowest BCUT2D eigenvalue weighted by molar-refractivity contribution is -0.144. The van der Waals surface area contributed by atoms with E-state index in [0.717, 1.165) is 41.1 Å². The van der Waals surface area contributed by atoms with Crippen molar-refractivity contribution in [2.45, 2.75) is 31.8 Å². The fourth-order valence-corrected chi connectivity index (χ4v) is 3.93. The van der Waals surface area contributed by atoms with E-state index in [4.69, 9.17) is 0 Å². The Bertz CT molecular complexity index is 653. The van der Waals surface area contributed by atoms with Gasteiger partial charge in [-0.15, -0.1) is 11.3 Å². The third-order valence-electron chi connectivity index (χ3n) is 4.05. The van der Waals surface area contributed by atoms with E-state index in [0.29, 0.717) is 6.54 Å². The second-order valence-corrected chi connectivity index (χ2v) is 6.76. The van der Waals surface area contributed by atoms with Crippen LogP contribution in [0.4, 0.5) is 4.39 Å². The molecule has 3 rings (SSSR count). The number of carbonyl (C=O) groups is 1. The van der Waals surface area contributed by atoms with Crippen LogP contribution >= 0.6 is 11.3 Å². The van der Waals surface area contributed by atoms with Crippen LogP contribution in [0, 0.1) is 5.82 Å². The summed E-state index contributed by atoms with van der Waals surface area (Å²) < 4.78 is 13.0. The first-order chi connectivity index (χ1) is 10.6. The highest BCUT2D eigenvalue weighted by Crippen LogP contribution is 2.30. The molecular weight excluding hydrogens is 301 g/mol. The monoisotopic (exact) mass is 319 g/mol. The molecular formula is C17H18FNO2S. The molecule has 1 N–H and O–H groups in total. The average molecular weight is 319 g/mol. The first-order valence-corrected chi connectivity index (χ1v) is 8.26. The maximum absolute atomic E-state index is 13.0. The first kappa shape index (κ1) is 15.2. The summed E-state index contributed by atoms with van der Waals surface area (Å²) in [5, 5.41) is 9.32. The molecule has 1 atom stereocenters. The molecule has 5 heteroatoms. The summed E-state index contributed by atoms with van der Waals surface area (Å²) in [5.74, 6) is -0.965. The van der Waals surface area contributed by atoms with Crippen LogP contribution < -0.4 is 0 Å². The molecule has 0 amide bonds. The van der Waals surface area contributed by atoms with Crippen molar-refractivity contribution in [1.29, 1.82) is 0 Å². The summed E-state index contributed by atoms with van der Waals surface area (Å²) in [5.41, 5.74) is 0.992. The molecule has 1 unspecified atom stereocenters. The molecule has 3 nitrogen and oxygen atoms in total. The maximum atomic E-state index is 13.0. The first-order valence-electron chi connectivity index (χ1n) is 7.45.